The lowest BCUT2D eigenvalue weighted by atomic mass is 10.0. The van der Waals surface area contributed by atoms with E-state index in [9.17, 15) is 9.59 Å². The molecule has 176 valence electrons. The lowest BCUT2D eigenvalue weighted by Crippen LogP contribution is -2.17. The van der Waals surface area contributed by atoms with Gasteiger partial charge in [0.2, 0.25) is 11.1 Å². The number of hydrogen-bond acceptors (Lipinski definition) is 9. The van der Waals surface area contributed by atoms with Crippen LogP contribution in [0.15, 0.2) is 51.5 Å². The Labute approximate surface area is 204 Å². The number of nitrogens with one attached hydrogen (secondary N) is 1. The number of amides is 1. The van der Waals surface area contributed by atoms with Crippen molar-refractivity contribution in [3.05, 3.63) is 58.9 Å². The summed E-state index contributed by atoms with van der Waals surface area (Å²) in [5, 5.41) is 13.7. The van der Waals surface area contributed by atoms with Crippen LogP contribution in [-0.4, -0.2) is 39.1 Å². The zero-order valence-corrected chi connectivity index (χ0v) is 20.5. The van der Waals surface area contributed by atoms with E-state index in [2.05, 4.69) is 15.5 Å². The number of thiophene rings is 1. The van der Waals surface area contributed by atoms with E-state index in [0.29, 0.717) is 32.9 Å². The Balaban J connectivity index is 1.50. The first-order valence-electron chi connectivity index (χ1n) is 10.4. The number of anilines is 1. The lowest BCUT2D eigenvalue weighted by Gasteiger charge is -2.09. The number of esters is 1. The highest BCUT2D eigenvalue weighted by Gasteiger charge is 2.23. The molecule has 0 aliphatic heterocycles. The molecule has 0 radical (unpaired) electrons. The van der Waals surface area contributed by atoms with Crippen molar-refractivity contribution < 1.29 is 18.7 Å². The highest BCUT2D eigenvalue weighted by molar-refractivity contribution is 7.99. The van der Waals surface area contributed by atoms with Crippen LogP contribution in [0.5, 0.6) is 0 Å². The van der Waals surface area contributed by atoms with Crippen molar-refractivity contribution in [2.45, 2.75) is 25.9 Å². The minimum atomic E-state index is -0.482. The van der Waals surface area contributed by atoms with Gasteiger partial charge in [0.15, 0.2) is 5.82 Å². The largest absolute Gasteiger partial charge is 0.469 e. The van der Waals surface area contributed by atoms with E-state index < -0.39 is 5.97 Å². The molecule has 0 saturated heterocycles. The smallest absolute Gasteiger partial charge is 0.341 e. The molecule has 4 aromatic rings. The second kappa shape index (κ2) is 10.1. The number of nitrogens with zero attached hydrogens (tertiary/aromatic N) is 3. The summed E-state index contributed by atoms with van der Waals surface area (Å²) in [5.41, 5.74) is 3.77. The van der Waals surface area contributed by atoms with Gasteiger partial charge in [-0.05, 0) is 32.4 Å². The van der Waals surface area contributed by atoms with Crippen molar-refractivity contribution in [2.24, 2.45) is 0 Å². The average molecular weight is 498 g/mol. The van der Waals surface area contributed by atoms with Gasteiger partial charge in [-0.3, -0.25) is 4.79 Å². The number of hydrogen-bond donors (Lipinski definition) is 2. The number of furan rings is 1. The number of nitrogens with two attached hydrogens (primary N) is 1. The Morgan fingerprint density at radius 1 is 1.18 bits per heavy atom. The second-order valence-electron chi connectivity index (χ2n) is 7.34. The summed E-state index contributed by atoms with van der Waals surface area (Å²) >= 11 is 2.41. The zero-order chi connectivity index (χ0) is 24.2. The van der Waals surface area contributed by atoms with Crippen molar-refractivity contribution in [3.63, 3.8) is 0 Å². The number of nitrogen functional groups attached to an aromatic ring is 1. The van der Waals surface area contributed by atoms with Gasteiger partial charge in [-0.2, -0.15) is 0 Å². The average Bonchev–Trinajstić information content (AvgIpc) is 3.52. The van der Waals surface area contributed by atoms with Gasteiger partial charge in [0, 0.05) is 10.9 Å². The molecule has 4 rings (SSSR count). The van der Waals surface area contributed by atoms with Crippen molar-refractivity contribution in [3.8, 4) is 22.5 Å². The van der Waals surface area contributed by atoms with Gasteiger partial charge in [-0.1, -0.05) is 41.6 Å². The third-order valence-corrected chi connectivity index (χ3v) is 6.82. The molecule has 1 aromatic carbocycles. The summed E-state index contributed by atoms with van der Waals surface area (Å²) in [4.78, 5) is 25.4. The third-order valence-electron chi connectivity index (χ3n) is 4.98. The van der Waals surface area contributed by atoms with Crippen LogP contribution in [0.2, 0.25) is 0 Å². The molecule has 9 nitrogen and oxygen atoms in total. The van der Waals surface area contributed by atoms with Crippen molar-refractivity contribution in [1.82, 2.24) is 14.9 Å². The third kappa shape index (κ3) is 4.85. The van der Waals surface area contributed by atoms with Crippen LogP contribution in [0, 0.1) is 13.8 Å². The molecule has 0 unspecified atom stereocenters. The van der Waals surface area contributed by atoms with Crippen molar-refractivity contribution in [2.75, 3.05) is 23.5 Å². The first kappa shape index (κ1) is 23.6. The molecule has 34 heavy (non-hydrogen) atoms. The molecule has 0 aliphatic rings. The molecule has 3 N–H and O–H groups in total. The molecule has 0 atom stereocenters. The fraction of sp³-hybridized carbons (Fsp3) is 0.217. The minimum Gasteiger partial charge on any atom is -0.469 e. The van der Waals surface area contributed by atoms with E-state index in [4.69, 9.17) is 15.0 Å². The number of ether oxygens (including phenoxy) is 1. The number of benzene rings is 1. The molecule has 3 heterocycles. The predicted octanol–water partition coefficient (Wildman–Crippen LogP) is 4.50. The van der Waals surface area contributed by atoms with Crippen LogP contribution >= 0.6 is 23.1 Å². The number of carbonyl (C=O) groups excluding carboxylic acids is 2. The predicted molar refractivity (Wildman–Crippen MR) is 132 cm³/mol. The molecular weight excluding hydrogens is 474 g/mol. The maximum Gasteiger partial charge on any atom is 0.341 e. The van der Waals surface area contributed by atoms with E-state index in [1.54, 1.807) is 26.2 Å². The van der Waals surface area contributed by atoms with Crippen LogP contribution < -0.4 is 11.2 Å². The van der Waals surface area contributed by atoms with Crippen LogP contribution in [0.3, 0.4) is 0 Å². The number of carbonyl (C=O) groups is 2. The Morgan fingerprint density at radius 3 is 2.62 bits per heavy atom. The molecule has 0 spiro atoms. The normalized spacial score (nSPS) is 10.9. The zero-order valence-electron chi connectivity index (χ0n) is 18.8. The van der Waals surface area contributed by atoms with E-state index in [1.165, 1.54) is 16.0 Å². The Hall–Kier alpha value is -3.57. The molecule has 0 aliphatic carbocycles. The van der Waals surface area contributed by atoms with Gasteiger partial charge < -0.3 is 20.3 Å². The molecule has 1 amide bonds. The van der Waals surface area contributed by atoms with Crippen molar-refractivity contribution >= 4 is 40.0 Å². The Bertz CT molecular complexity index is 1320. The highest BCUT2D eigenvalue weighted by Crippen LogP contribution is 2.36. The number of aromatic nitrogens is 3. The van der Waals surface area contributed by atoms with Gasteiger partial charge >= 0.3 is 5.97 Å². The van der Waals surface area contributed by atoms with E-state index in [1.807, 2.05) is 36.6 Å². The van der Waals surface area contributed by atoms with Gasteiger partial charge in [0.1, 0.15) is 16.3 Å². The SMILES string of the molecule is CCOC(=O)c1c(-c2ccc(C)cc2)csc1NC(=O)CSc1nnc(-c2ccoc2C)n1N. The Morgan fingerprint density at radius 2 is 1.94 bits per heavy atom. The standard InChI is InChI=1S/C23H23N5O4S2/c1-4-31-22(30)19-17(15-7-5-13(2)6-8-15)11-33-21(19)25-18(29)12-34-23-27-26-20(28(23)24)16-9-10-32-14(16)3/h5-11H,4,12,24H2,1-3H3,(H,25,29). The first-order chi connectivity index (χ1) is 16.4. The highest BCUT2D eigenvalue weighted by atomic mass is 32.2. The first-order valence-corrected chi connectivity index (χ1v) is 12.3. The summed E-state index contributed by atoms with van der Waals surface area (Å²) in [7, 11) is 0. The summed E-state index contributed by atoms with van der Waals surface area (Å²) in [5.74, 6) is 6.47. The quantitative estimate of drug-likeness (QED) is 0.207. The maximum atomic E-state index is 12.7. The molecular formula is C23H23N5O4S2. The summed E-state index contributed by atoms with van der Waals surface area (Å²) in [6.45, 7) is 5.77. The van der Waals surface area contributed by atoms with Crippen LogP contribution in [-0.2, 0) is 9.53 Å². The molecule has 3 aromatic heterocycles. The maximum absolute atomic E-state index is 12.7. The minimum absolute atomic E-state index is 0.0275. The van der Waals surface area contributed by atoms with Crippen LogP contribution in [0.25, 0.3) is 22.5 Å². The van der Waals surface area contributed by atoms with Gasteiger partial charge in [0.05, 0.1) is 24.2 Å². The fourth-order valence-corrected chi connectivity index (χ4v) is 4.90. The molecule has 0 fully saturated rings. The molecule has 11 heteroatoms. The Kier molecular flexibility index (Phi) is 7.03. The number of thioether (sulfide) groups is 1. The number of rotatable bonds is 8. The summed E-state index contributed by atoms with van der Waals surface area (Å²) < 4.78 is 11.9. The van der Waals surface area contributed by atoms with Gasteiger partial charge in [0.25, 0.3) is 0 Å². The molecule has 0 saturated carbocycles. The van der Waals surface area contributed by atoms with E-state index in [0.717, 1.165) is 28.5 Å². The lowest BCUT2D eigenvalue weighted by molar-refractivity contribution is -0.113. The molecule has 0 bridgehead atoms. The monoisotopic (exact) mass is 497 g/mol. The van der Waals surface area contributed by atoms with E-state index >= 15 is 0 Å². The summed E-state index contributed by atoms with van der Waals surface area (Å²) in [6.07, 6.45) is 1.55. The van der Waals surface area contributed by atoms with Crippen LogP contribution in [0.4, 0.5) is 5.00 Å². The van der Waals surface area contributed by atoms with Gasteiger partial charge in [-0.25, -0.2) is 9.47 Å². The van der Waals surface area contributed by atoms with E-state index in [-0.39, 0.29) is 18.3 Å². The second-order valence-corrected chi connectivity index (χ2v) is 9.17. The van der Waals surface area contributed by atoms with Crippen LogP contribution in [0.1, 0.15) is 28.6 Å². The van der Waals surface area contributed by atoms with Gasteiger partial charge in [-0.15, -0.1) is 21.5 Å². The van der Waals surface area contributed by atoms with Crippen molar-refractivity contribution in [1.29, 1.82) is 0 Å². The fourth-order valence-electron chi connectivity index (χ4n) is 3.27. The number of aryl methyl sites for hydroxylation is 2. The summed E-state index contributed by atoms with van der Waals surface area (Å²) in [6, 6.07) is 9.57. The topological polar surface area (TPSA) is 125 Å².